The number of hydrogen-bond acceptors (Lipinski definition) is 4. The van der Waals surface area contributed by atoms with E-state index in [0.717, 1.165) is 6.42 Å². The largest absolute Gasteiger partial charge is 0.452 e. The lowest BCUT2D eigenvalue weighted by molar-refractivity contribution is 0.432. The van der Waals surface area contributed by atoms with Gasteiger partial charge in [0.25, 0.3) is 0 Å². The zero-order valence-corrected chi connectivity index (χ0v) is 14.1. The maximum atomic E-state index is 12.3. The Morgan fingerprint density at radius 3 is 2.58 bits per heavy atom. The van der Waals surface area contributed by atoms with E-state index in [9.17, 15) is 8.42 Å². The number of sulfonamides is 1. The van der Waals surface area contributed by atoms with E-state index in [4.69, 9.17) is 4.42 Å². The summed E-state index contributed by atoms with van der Waals surface area (Å²) in [4.78, 5) is 0.146. The number of nitrogens with one attached hydrogen (secondary N) is 2. The van der Waals surface area contributed by atoms with Crippen molar-refractivity contribution in [2.24, 2.45) is 5.92 Å². The van der Waals surface area contributed by atoms with Crippen LogP contribution in [0.15, 0.2) is 20.0 Å². The third-order valence-electron chi connectivity index (χ3n) is 3.19. The topological polar surface area (TPSA) is 71.3 Å². The van der Waals surface area contributed by atoms with Crippen LogP contribution in [0, 0.1) is 5.92 Å². The fourth-order valence-electron chi connectivity index (χ4n) is 1.62. The highest BCUT2D eigenvalue weighted by Gasteiger charge is 2.25. The molecule has 0 spiro atoms. The second-order valence-electron chi connectivity index (χ2n) is 4.68. The van der Waals surface area contributed by atoms with Gasteiger partial charge in [-0.3, -0.25) is 0 Å². The Bertz CT molecular complexity index is 513. The molecule has 1 aromatic rings. The molecule has 0 fully saturated rings. The smallest absolute Gasteiger partial charge is 0.245 e. The van der Waals surface area contributed by atoms with E-state index in [1.807, 2.05) is 20.8 Å². The van der Waals surface area contributed by atoms with Crippen molar-refractivity contribution in [1.82, 2.24) is 10.0 Å². The van der Waals surface area contributed by atoms with Gasteiger partial charge in [-0.05, 0) is 35.8 Å². The van der Waals surface area contributed by atoms with Crippen molar-refractivity contribution in [1.29, 1.82) is 0 Å². The Kier molecular flexibility index (Phi) is 6.04. The van der Waals surface area contributed by atoms with Crippen molar-refractivity contribution < 1.29 is 12.8 Å². The van der Waals surface area contributed by atoms with Crippen molar-refractivity contribution >= 4 is 26.0 Å². The van der Waals surface area contributed by atoms with Gasteiger partial charge in [-0.15, -0.1) is 0 Å². The predicted octanol–water partition coefficient (Wildman–Crippen LogP) is 2.47. The molecule has 1 rings (SSSR count). The molecule has 1 heterocycles. The van der Waals surface area contributed by atoms with E-state index >= 15 is 0 Å². The average Bonchev–Trinajstić information content (AvgIpc) is 2.70. The van der Waals surface area contributed by atoms with Gasteiger partial charge in [0, 0.05) is 12.1 Å². The fourth-order valence-corrected chi connectivity index (χ4v) is 3.97. The summed E-state index contributed by atoms with van der Waals surface area (Å²) >= 11 is 3.15. The molecule has 0 aliphatic rings. The molecular weight excluding hydrogens is 332 g/mol. The summed E-state index contributed by atoms with van der Waals surface area (Å²) in [5.74, 6) is 0.850. The number of rotatable bonds is 7. The highest BCUT2D eigenvalue weighted by Crippen LogP contribution is 2.26. The molecule has 2 N–H and O–H groups in total. The summed E-state index contributed by atoms with van der Waals surface area (Å²) in [6, 6.07) is 1.41. The minimum Gasteiger partial charge on any atom is -0.452 e. The molecule has 0 bridgehead atoms. The number of furan rings is 1. The van der Waals surface area contributed by atoms with E-state index in [2.05, 4.69) is 26.0 Å². The first-order valence-corrected chi connectivity index (χ1v) is 8.54. The normalized spacial score (nSPS) is 15.4. The molecule has 1 aromatic heterocycles. The lowest BCUT2D eigenvalue weighted by Crippen LogP contribution is -2.36. The van der Waals surface area contributed by atoms with Gasteiger partial charge in [0.15, 0.2) is 4.67 Å². The first kappa shape index (κ1) is 16.7. The first-order valence-electron chi connectivity index (χ1n) is 6.27. The molecule has 7 heteroatoms. The predicted molar refractivity (Wildman–Crippen MR) is 78.4 cm³/mol. The maximum absolute atomic E-state index is 12.3. The lowest BCUT2D eigenvalue weighted by Gasteiger charge is -2.19. The van der Waals surface area contributed by atoms with Gasteiger partial charge in [-0.1, -0.05) is 20.3 Å². The molecule has 0 saturated carbocycles. The molecule has 0 radical (unpaired) electrons. The van der Waals surface area contributed by atoms with Crippen LogP contribution in [0.1, 0.15) is 33.0 Å². The molecule has 5 nitrogen and oxygen atoms in total. The van der Waals surface area contributed by atoms with Crippen LogP contribution in [0.5, 0.6) is 0 Å². The molecular formula is C12H21BrN2O3S. The van der Waals surface area contributed by atoms with Crippen LogP contribution < -0.4 is 10.0 Å². The fraction of sp³-hybridized carbons (Fsp3) is 0.667. The zero-order chi connectivity index (χ0) is 14.6. The quantitative estimate of drug-likeness (QED) is 0.790. The first-order chi connectivity index (χ1) is 8.81. The van der Waals surface area contributed by atoms with Gasteiger partial charge >= 0.3 is 0 Å². The molecule has 110 valence electrons. The Morgan fingerprint density at radius 1 is 1.42 bits per heavy atom. The van der Waals surface area contributed by atoms with E-state index < -0.39 is 10.0 Å². The Morgan fingerprint density at radius 2 is 2.05 bits per heavy atom. The molecule has 2 atom stereocenters. The summed E-state index contributed by atoms with van der Waals surface area (Å²) in [5.41, 5.74) is 0. The maximum Gasteiger partial charge on any atom is 0.245 e. The Labute approximate surface area is 123 Å². The Balaban J connectivity index is 2.94. The van der Waals surface area contributed by atoms with Gasteiger partial charge in [-0.2, -0.15) is 0 Å². The van der Waals surface area contributed by atoms with Crippen LogP contribution in [0.25, 0.3) is 0 Å². The van der Waals surface area contributed by atoms with Crippen LogP contribution in [-0.4, -0.2) is 21.5 Å². The van der Waals surface area contributed by atoms with E-state index in [0.29, 0.717) is 12.3 Å². The monoisotopic (exact) mass is 352 g/mol. The van der Waals surface area contributed by atoms with Crippen molar-refractivity contribution in [2.45, 2.75) is 44.7 Å². The standard InChI is InChI=1S/C12H21BrN2O3S/c1-5-8(2)9(3)15-19(16,17)11-6-10(7-14-4)18-12(11)13/h6,8-9,14-15H,5,7H2,1-4H3. The third-order valence-corrected chi connectivity index (χ3v) is 5.60. The summed E-state index contributed by atoms with van der Waals surface area (Å²) in [7, 11) is -1.79. The van der Waals surface area contributed by atoms with Gasteiger partial charge in [0.1, 0.15) is 10.7 Å². The van der Waals surface area contributed by atoms with Crippen LogP contribution in [-0.2, 0) is 16.6 Å². The zero-order valence-electron chi connectivity index (χ0n) is 11.7. The molecule has 0 aliphatic heterocycles. The summed E-state index contributed by atoms with van der Waals surface area (Å²) in [6.45, 7) is 6.40. The van der Waals surface area contributed by atoms with Crippen LogP contribution in [0.2, 0.25) is 0 Å². The molecule has 2 unspecified atom stereocenters. The van der Waals surface area contributed by atoms with Crippen molar-refractivity contribution in [3.05, 3.63) is 16.5 Å². The van der Waals surface area contributed by atoms with Gasteiger partial charge in [0.2, 0.25) is 10.0 Å². The SMILES string of the molecule is CCC(C)C(C)NS(=O)(=O)c1cc(CNC)oc1Br. The van der Waals surface area contributed by atoms with E-state index in [1.54, 1.807) is 7.05 Å². The number of hydrogen-bond donors (Lipinski definition) is 2. The van der Waals surface area contributed by atoms with E-state index in [1.165, 1.54) is 6.07 Å². The van der Waals surface area contributed by atoms with Gasteiger partial charge in [-0.25, -0.2) is 13.1 Å². The molecule has 0 amide bonds. The Hall–Kier alpha value is -0.370. The molecule has 0 aliphatic carbocycles. The van der Waals surface area contributed by atoms with Gasteiger partial charge < -0.3 is 9.73 Å². The minimum absolute atomic E-state index is 0.121. The van der Waals surface area contributed by atoms with Gasteiger partial charge in [0.05, 0.1) is 6.54 Å². The minimum atomic E-state index is -3.56. The third kappa shape index (κ3) is 4.30. The molecule has 19 heavy (non-hydrogen) atoms. The molecule has 0 aromatic carbocycles. The second kappa shape index (κ2) is 6.88. The lowest BCUT2D eigenvalue weighted by atomic mass is 10.0. The van der Waals surface area contributed by atoms with Crippen LogP contribution >= 0.6 is 15.9 Å². The highest BCUT2D eigenvalue weighted by atomic mass is 79.9. The average molecular weight is 353 g/mol. The highest BCUT2D eigenvalue weighted by molar-refractivity contribution is 9.10. The van der Waals surface area contributed by atoms with Crippen molar-refractivity contribution in [3.63, 3.8) is 0 Å². The summed E-state index contributed by atoms with van der Waals surface area (Å²) < 4.78 is 32.8. The van der Waals surface area contributed by atoms with Crippen LogP contribution in [0.3, 0.4) is 0 Å². The van der Waals surface area contributed by atoms with E-state index in [-0.39, 0.29) is 21.5 Å². The second-order valence-corrected chi connectivity index (χ2v) is 7.08. The van der Waals surface area contributed by atoms with Crippen molar-refractivity contribution in [3.8, 4) is 0 Å². The van der Waals surface area contributed by atoms with Crippen molar-refractivity contribution in [2.75, 3.05) is 7.05 Å². The molecule has 0 saturated heterocycles. The summed E-state index contributed by atoms with van der Waals surface area (Å²) in [6.07, 6.45) is 0.918. The summed E-state index contributed by atoms with van der Waals surface area (Å²) in [5, 5.41) is 2.91. The van der Waals surface area contributed by atoms with Crippen LogP contribution in [0.4, 0.5) is 0 Å². The number of halogens is 1.